The number of hydrogen-bond donors (Lipinski definition) is 2. The van der Waals surface area contributed by atoms with E-state index in [9.17, 15) is 4.79 Å². The highest BCUT2D eigenvalue weighted by molar-refractivity contribution is 5.74. The highest BCUT2D eigenvalue weighted by atomic mass is 16.6. The molecular weight excluding hydrogens is 206 g/mol. The number of carbonyl (C=O) groups excluding carboxylic acids is 1. The lowest BCUT2D eigenvalue weighted by atomic mass is 10.2. The summed E-state index contributed by atoms with van der Waals surface area (Å²) in [6.07, 6.45) is 0. The van der Waals surface area contributed by atoms with E-state index >= 15 is 0 Å². The molecule has 1 amide bonds. The van der Waals surface area contributed by atoms with Crippen molar-refractivity contribution in [3.05, 3.63) is 23.0 Å². The van der Waals surface area contributed by atoms with E-state index in [1.165, 1.54) is 17.0 Å². The Labute approximate surface area is 95.5 Å². The van der Waals surface area contributed by atoms with Crippen molar-refractivity contribution < 1.29 is 9.63 Å². The van der Waals surface area contributed by atoms with Crippen LogP contribution in [-0.4, -0.2) is 17.1 Å². The third-order valence-corrected chi connectivity index (χ3v) is 2.57. The third-order valence-electron chi connectivity index (χ3n) is 2.57. The van der Waals surface area contributed by atoms with Gasteiger partial charge in [-0.1, -0.05) is 0 Å². The number of carbonyl (C=O) groups is 1. The highest BCUT2D eigenvalue weighted by Gasteiger charge is 2.07. The number of hydrogen-bond acceptors (Lipinski definition) is 3. The van der Waals surface area contributed by atoms with E-state index in [1.54, 1.807) is 0 Å². The zero-order chi connectivity index (χ0) is 12.1. The SMILES string of the molecule is CCn1c(C)cc(CNOCC(N)=O)c1C. The summed E-state index contributed by atoms with van der Waals surface area (Å²) < 4.78 is 2.23. The lowest BCUT2D eigenvalue weighted by Crippen LogP contribution is -2.24. The van der Waals surface area contributed by atoms with Gasteiger partial charge in [-0.05, 0) is 32.4 Å². The van der Waals surface area contributed by atoms with Crippen LogP contribution in [-0.2, 0) is 22.7 Å². The number of primary amides is 1. The molecule has 0 saturated heterocycles. The maximum Gasteiger partial charge on any atom is 0.245 e. The van der Waals surface area contributed by atoms with Crippen molar-refractivity contribution in [3.63, 3.8) is 0 Å². The number of hydroxylamine groups is 1. The fourth-order valence-corrected chi connectivity index (χ4v) is 1.79. The molecule has 3 N–H and O–H groups in total. The number of nitrogens with two attached hydrogens (primary N) is 1. The lowest BCUT2D eigenvalue weighted by molar-refractivity contribution is -0.125. The van der Waals surface area contributed by atoms with Crippen LogP contribution in [0.4, 0.5) is 0 Å². The molecule has 0 aromatic carbocycles. The van der Waals surface area contributed by atoms with E-state index in [2.05, 4.69) is 36.9 Å². The van der Waals surface area contributed by atoms with E-state index in [1.807, 2.05) is 0 Å². The van der Waals surface area contributed by atoms with Crippen molar-refractivity contribution in [1.29, 1.82) is 0 Å². The zero-order valence-corrected chi connectivity index (χ0v) is 10.0. The molecule has 1 heterocycles. The molecule has 0 aliphatic heterocycles. The molecule has 16 heavy (non-hydrogen) atoms. The Balaban J connectivity index is 2.51. The van der Waals surface area contributed by atoms with Crippen molar-refractivity contribution in [2.24, 2.45) is 5.73 Å². The standard InChI is InChI=1S/C11H19N3O2/c1-4-14-8(2)5-10(9(14)3)6-13-16-7-11(12)15/h5,13H,4,6-7H2,1-3H3,(H2,12,15). The Hall–Kier alpha value is -1.33. The molecule has 0 bridgehead atoms. The largest absolute Gasteiger partial charge is 0.368 e. The first kappa shape index (κ1) is 12.7. The average Bonchev–Trinajstić information content (AvgIpc) is 2.48. The number of rotatable bonds is 6. The second kappa shape index (κ2) is 5.67. The Morgan fingerprint density at radius 2 is 2.25 bits per heavy atom. The Morgan fingerprint density at radius 3 is 2.75 bits per heavy atom. The third kappa shape index (κ3) is 3.08. The van der Waals surface area contributed by atoms with Gasteiger partial charge in [-0.25, -0.2) is 0 Å². The number of amides is 1. The summed E-state index contributed by atoms with van der Waals surface area (Å²) in [6.45, 7) is 7.69. The summed E-state index contributed by atoms with van der Waals surface area (Å²) in [5.41, 5.74) is 11.3. The van der Waals surface area contributed by atoms with Gasteiger partial charge in [0.25, 0.3) is 0 Å². The van der Waals surface area contributed by atoms with Crippen LogP contribution in [0.15, 0.2) is 6.07 Å². The summed E-state index contributed by atoms with van der Waals surface area (Å²) in [6, 6.07) is 2.11. The quantitative estimate of drug-likeness (QED) is 0.551. The van der Waals surface area contributed by atoms with Gasteiger partial charge in [0.15, 0.2) is 0 Å². The fraction of sp³-hybridized carbons (Fsp3) is 0.545. The zero-order valence-electron chi connectivity index (χ0n) is 10.0. The topological polar surface area (TPSA) is 69.3 Å². The van der Waals surface area contributed by atoms with Gasteiger partial charge in [0.05, 0.1) is 0 Å². The maximum atomic E-state index is 10.4. The minimum absolute atomic E-state index is 0.105. The van der Waals surface area contributed by atoms with Crippen molar-refractivity contribution in [3.8, 4) is 0 Å². The van der Waals surface area contributed by atoms with Gasteiger partial charge in [-0.2, -0.15) is 5.48 Å². The fourth-order valence-electron chi connectivity index (χ4n) is 1.79. The van der Waals surface area contributed by atoms with Gasteiger partial charge >= 0.3 is 0 Å². The number of aromatic nitrogens is 1. The summed E-state index contributed by atoms with van der Waals surface area (Å²) in [5, 5.41) is 0. The molecule has 1 rings (SSSR count). The molecule has 5 heteroatoms. The molecule has 0 unspecified atom stereocenters. The molecule has 1 aromatic rings. The molecule has 0 atom stereocenters. The van der Waals surface area contributed by atoms with Crippen molar-refractivity contribution in [2.75, 3.05) is 6.61 Å². The van der Waals surface area contributed by atoms with Crippen LogP contribution in [0.3, 0.4) is 0 Å². The first-order valence-corrected chi connectivity index (χ1v) is 5.34. The summed E-state index contributed by atoms with van der Waals surface area (Å²) in [4.78, 5) is 15.3. The first-order valence-electron chi connectivity index (χ1n) is 5.34. The predicted molar refractivity (Wildman–Crippen MR) is 61.6 cm³/mol. The van der Waals surface area contributed by atoms with Crippen LogP contribution in [0.25, 0.3) is 0 Å². The van der Waals surface area contributed by atoms with Crippen LogP contribution in [0.2, 0.25) is 0 Å². The van der Waals surface area contributed by atoms with Crippen LogP contribution in [0, 0.1) is 13.8 Å². The molecule has 0 fully saturated rings. The second-order valence-corrected chi connectivity index (χ2v) is 3.72. The molecule has 0 saturated carbocycles. The van der Waals surface area contributed by atoms with E-state index in [0.717, 1.165) is 6.54 Å². The van der Waals surface area contributed by atoms with Crippen LogP contribution < -0.4 is 11.2 Å². The van der Waals surface area contributed by atoms with Crippen LogP contribution in [0.5, 0.6) is 0 Å². The highest BCUT2D eigenvalue weighted by Crippen LogP contribution is 2.14. The van der Waals surface area contributed by atoms with E-state index in [0.29, 0.717) is 6.54 Å². The van der Waals surface area contributed by atoms with E-state index in [-0.39, 0.29) is 6.61 Å². The molecular formula is C11H19N3O2. The molecule has 5 nitrogen and oxygen atoms in total. The molecule has 0 spiro atoms. The van der Waals surface area contributed by atoms with Gasteiger partial charge in [0, 0.05) is 24.5 Å². The lowest BCUT2D eigenvalue weighted by Gasteiger charge is -2.06. The summed E-state index contributed by atoms with van der Waals surface area (Å²) in [5.74, 6) is -0.480. The van der Waals surface area contributed by atoms with Crippen LogP contribution >= 0.6 is 0 Å². The predicted octanol–water partition coefficient (Wildman–Crippen LogP) is 0.631. The molecule has 0 aliphatic carbocycles. The van der Waals surface area contributed by atoms with Crippen molar-refractivity contribution in [2.45, 2.75) is 33.9 Å². The molecule has 90 valence electrons. The van der Waals surface area contributed by atoms with Crippen LogP contribution in [0.1, 0.15) is 23.9 Å². The molecule has 0 radical (unpaired) electrons. The Bertz CT molecular complexity index is 372. The maximum absolute atomic E-state index is 10.4. The average molecular weight is 225 g/mol. The van der Waals surface area contributed by atoms with Gasteiger partial charge in [0.2, 0.25) is 5.91 Å². The van der Waals surface area contributed by atoms with E-state index < -0.39 is 5.91 Å². The first-order chi connectivity index (χ1) is 7.56. The minimum atomic E-state index is -0.480. The van der Waals surface area contributed by atoms with Crippen molar-refractivity contribution >= 4 is 5.91 Å². The van der Waals surface area contributed by atoms with E-state index in [4.69, 9.17) is 10.6 Å². The number of aryl methyl sites for hydroxylation is 1. The Kier molecular flexibility index (Phi) is 4.52. The van der Waals surface area contributed by atoms with Gasteiger partial charge in [-0.3, -0.25) is 9.63 Å². The number of nitrogens with zero attached hydrogens (tertiary/aromatic N) is 1. The second-order valence-electron chi connectivity index (χ2n) is 3.72. The minimum Gasteiger partial charge on any atom is -0.368 e. The normalized spacial score (nSPS) is 10.7. The molecule has 0 aliphatic rings. The van der Waals surface area contributed by atoms with Gasteiger partial charge in [0.1, 0.15) is 6.61 Å². The summed E-state index contributed by atoms with van der Waals surface area (Å²) in [7, 11) is 0. The monoisotopic (exact) mass is 225 g/mol. The smallest absolute Gasteiger partial charge is 0.245 e. The van der Waals surface area contributed by atoms with Gasteiger partial charge < -0.3 is 10.3 Å². The Morgan fingerprint density at radius 1 is 1.56 bits per heavy atom. The van der Waals surface area contributed by atoms with Crippen molar-refractivity contribution in [1.82, 2.24) is 10.0 Å². The number of nitrogens with one attached hydrogen (secondary N) is 1. The summed E-state index contributed by atoms with van der Waals surface area (Å²) >= 11 is 0. The molecule has 1 aromatic heterocycles. The van der Waals surface area contributed by atoms with Gasteiger partial charge in [-0.15, -0.1) is 0 Å².